The quantitative estimate of drug-likeness (QED) is 0.752. The Balaban J connectivity index is 2.10. The van der Waals surface area contributed by atoms with Crippen molar-refractivity contribution >= 4 is 28.1 Å². The zero-order chi connectivity index (χ0) is 11.1. The third-order valence-electron chi connectivity index (χ3n) is 1.94. The van der Waals surface area contributed by atoms with E-state index in [9.17, 15) is 9.00 Å². The topological polar surface area (TPSA) is 54.4 Å². The summed E-state index contributed by atoms with van der Waals surface area (Å²) in [5.74, 6) is -0.116. The summed E-state index contributed by atoms with van der Waals surface area (Å²) < 4.78 is 12.5. The smallest absolute Gasteiger partial charge is 0.303 e. The first kappa shape index (κ1) is 12.4. The van der Waals surface area contributed by atoms with Gasteiger partial charge in [-0.05, 0) is 24.3 Å². The summed E-state index contributed by atoms with van der Waals surface area (Å²) >= 11 is 1.51. The van der Waals surface area contributed by atoms with Crippen LogP contribution in [0.1, 0.15) is 25.7 Å². The molecule has 5 heteroatoms. The van der Waals surface area contributed by atoms with Crippen LogP contribution in [0.5, 0.6) is 0 Å². The van der Waals surface area contributed by atoms with E-state index in [1.807, 2.05) is 17.5 Å². The van der Waals surface area contributed by atoms with Crippen molar-refractivity contribution in [2.45, 2.75) is 29.9 Å². The molecule has 15 heavy (non-hydrogen) atoms. The van der Waals surface area contributed by atoms with Crippen LogP contribution in [0, 0.1) is 0 Å². The van der Waals surface area contributed by atoms with Gasteiger partial charge in [-0.3, -0.25) is 9.00 Å². The molecule has 0 spiro atoms. The molecule has 0 saturated carbocycles. The Kier molecular flexibility index (Phi) is 5.57. The number of rotatable bonds is 7. The SMILES string of the molecule is O=C(O)CCCCCS(=O)c1cccs1. The minimum absolute atomic E-state index is 0.214. The van der Waals surface area contributed by atoms with Crippen LogP contribution in [0.2, 0.25) is 0 Å². The van der Waals surface area contributed by atoms with Crippen molar-refractivity contribution < 1.29 is 14.1 Å². The molecule has 1 aromatic heterocycles. The maximum Gasteiger partial charge on any atom is 0.303 e. The fourth-order valence-corrected chi connectivity index (χ4v) is 3.37. The molecule has 1 N–H and O–H groups in total. The summed E-state index contributed by atoms with van der Waals surface area (Å²) in [5.41, 5.74) is 0. The molecule has 0 bridgehead atoms. The molecule has 1 atom stereocenters. The van der Waals surface area contributed by atoms with Gasteiger partial charge in [0.1, 0.15) is 0 Å². The molecule has 0 amide bonds. The molecule has 1 unspecified atom stereocenters. The van der Waals surface area contributed by atoms with Gasteiger partial charge in [-0.1, -0.05) is 12.5 Å². The van der Waals surface area contributed by atoms with Crippen molar-refractivity contribution in [1.29, 1.82) is 0 Å². The van der Waals surface area contributed by atoms with E-state index in [2.05, 4.69) is 0 Å². The molecule has 0 saturated heterocycles. The zero-order valence-electron chi connectivity index (χ0n) is 8.35. The Morgan fingerprint density at radius 1 is 1.40 bits per heavy atom. The van der Waals surface area contributed by atoms with Gasteiger partial charge in [0.05, 0.1) is 15.0 Å². The van der Waals surface area contributed by atoms with Crippen LogP contribution in [-0.2, 0) is 15.6 Å². The van der Waals surface area contributed by atoms with Crippen LogP contribution in [-0.4, -0.2) is 21.0 Å². The molecule has 1 heterocycles. The highest BCUT2D eigenvalue weighted by Gasteiger charge is 2.04. The molecule has 0 aliphatic carbocycles. The van der Waals surface area contributed by atoms with Crippen LogP contribution in [0.3, 0.4) is 0 Å². The van der Waals surface area contributed by atoms with E-state index in [0.29, 0.717) is 12.2 Å². The van der Waals surface area contributed by atoms with E-state index < -0.39 is 16.8 Å². The van der Waals surface area contributed by atoms with E-state index in [1.165, 1.54) is 11.3 Å². The van der Waals surface area contributed by atoms with Gasteiger partial charge in [0.15, 0.2) is 0 Å². The highest BCUT2D eigenvalue weighted by atomic mass is 32.2. The molecule has 3 nitrogen and oxygen atoms in total. The monoisotopic (exact) mass is 246 g/mol. The maximum atomic E-state index is 11.6. The third-order valence-corrected chi connectivity index (χ3v) is 4.69. The number of aliphatic carboxylic acids is 1. The van der Waals surface area contributed by atoms with Crippen molar-refractivity contribution in [3.63, 3.8) is 0 Å². The first-order valence-corrected chi connectivity index (χ1v) is 7.03. The van der Waals surface area contributed by atoms with E-state index in [4.69, 9.17) is 5.11 Å². The van der Waals surface area contributed by atoms with Gasteiger partial charge in [-0.15, -0.1) is 11.3 Å². The molecule has 1 rings (SSSR count). The molecule has 84 valence electrons. The van der Waals surface area contributed by atoms with E-state index >= 15 is 0 Å². The Labute approximate surface area is 95.6 Å². The number of hydrogen-bond donors (Lipinski definition) is 1. The van der Waals surface area contributed by atoms with Crippen LogP contribution in [0.15, 0.2) is 21.7 Å². The van der Waals surface area contributed by atoms with E-state index in [-0.39, 0.29) is 6.42 Å². The number of carboxylic acid groups (broad SMARTS) is 1. The number of carboxylic acids is 1. The second-order valence-corrected chi connectivity index (χ2v) is 5.93. The average Bonchev–Trinajstić information content (AvgIpc) is 2.69. The third kappa shape index (κ3) is 5.09. The van der Waals surface area contributed by atoms with Crippen LogP contribution >= 0.6 is 11.3 Å². The molecular formula is C10H14O3S2. The van der Waals surface area contributed by atoms with Gasteiger partial charge >= 0.3 is 5.97 Å². The van der Waals surface area contributed by atoms with Crippen LogP contribution in [0.25, 0.3) is 0 Å². The number of carbonyl (C=O) groups is 1. The fraction of sp³-hybridized carbons (Fsp3) is 0.500. The molecular weight excluding hydrogens is 232 g/mol. The zero-order valence-corrected chi connectivity index (χ0v) is 9.98. The Hall–Kier alpha value is -0.680. The Morgan fingerprint density at radius 2 is 2.20 bits per heavy atom. The lowest BCUT2D eigenvalue weighted by molar-refractivity contribution is -0.137. The standard InChI is InChI=1S/C10H14O3S2/c11-9(12)5-2-1-3-8-15(13)10-6-4-7-14-10/h4,6-7H,1-3,5,8H2,(H,11,12). The van der Waals surface area contributed by atoms with Crippen molar-refractivity contribution in [1.82, 2.24) is 0 Å². The lowest BCUT2D eigenvalue weighted by Gasteiger charge is -1.98. The van der Waals surface area contributed by atoms with E-state index in [1.54, 1.807) is 0 Å². The molecule has 0 aliphatic rings. The lowest BCUT2D eigenvalue weighted by Crippen LogP contribution is -1.98. The van der Waals surface area contributed by atoms with Gasteiger partial charge in [-0.25, -0.2) is 0 Å². The normalized spacial score (nSPS) is 12.5. The minimum atomic E-state index is -0.895. The average molecular weight is 246 g/mol. The van der Waals surface area contributed by atoms with Crippen molar-refractivity contribution in [3.8, 4) is 0 Å². The van der Waals surface area contributed by atoms with Gasteiger partial charge in [0, 0.05) is 12.2 Å². The van der Waals surface area contributed by atoms with E-state index in [0.717, 1.165) is 17.1 Å². The second kappa shape index (κ2) is 6.74. The van der Waals surface area contributed by atoms with Crippen LogP contribution in [0.4, 0.5) is 0 Å². The summed E-state index contributed by atoms with van der Waals surface area (Å²) in [6.07, 6.45) is 2.56. The van der Waals surface area contributed by atoms with Gasteiger partial charge < -0.3 is 5.11 Å². The molecule has 1 aromatic rings. The van der Waals surface area contributed by atoms with Crippen molar-refractivity contribution in [2.75, 3.05) is 5.75 Å². The van der Waals surface area contributed by atoms with Crippen molar-refractivity contribution in [2.24, 2.45) is 0 Å². The highest BCUT2D eigenvalue weighted by molar-refractivity contribution is 7.87. The summed E-state index contributed by atoms with van der Waals surface area (Å²) in [7, 11) is -0.895. The predicted octanol–water partition coefficient (Wildman–Crippen LogP) is 2.50. The number of thiophene rings is 1. The van der Waals surface area contributed by atoms with Gasteiger partial charge in [0.25, 0.3) is 0 Å². The van der Waals surface area contributed by atoms with Crippen LogP contribution < -0.4 is 0 Å². The fourth-order valence-electron chi connectivity index (χ4n) is 1.18. The summed E-state index contributed by atoms with van der Waals surface area (Å²) in [6.45, 7) is 0. The summed E-state index contributed by atoms with van der Waals surface area (Å²) in [5, 5.41) is 10.3. The van der Waals surface area contributed by atoms with Gasteiger partial charge in [0.2, 0.25) is 0 Å². The Morgan fingerprint density at radius 3 is 2.80 bits per heavy atom. The number of hydrogen-bond acceptors (Lipinski definition) is 3. The highest BCUT2D eigenvalue weighted by Crippen LogP contribution is 2.15. The summed E-state index contributed by atoms with van der Waals surface area (Å²) in [4.78, 5) is 10.2. The van der Waals surface area contributed by atoms with Crippen molar-refractivity contribution in [3.05, 3.63) is 17.5 Å². The molecule has 0 fully saturated rings. The molecule has 0 aromatic carbocycles. The molecule has 0 aliphatic heterocycles. The summed E-state index contributed by atoms with van der Waals surface area (Å²) in [6, 6.07) is 3.76. The minimum Gasteiger partial charge on any atom is -0.481 e. The largest absolute Gasteiger partial charge is 0.481 e. The first-order chi connectivity index (χ1) is 7.20. The second-order valence-electron chi connectivity index (χ2n) is 3.19. The Bertz CT molecular complexity index is 319. The van der Waals surface area contributed by atoms with Gasteiger partial charge in [-0.2, -0.15) is 0 Å². The lowest BCUT2D eigenvalue weighted by atomic mass is 10.2. The molecule has 0 radical (unpaired) electrons. The predicted molar refractivity (Wildman–Crippen MR) is 61.7 cm³/mol. The maximum absolute atomic E-state index is 11.6. The number of unbranched alkanes of at least 4 members (excludes halogenated alkanes) is 2. The first-order valence-electron chi connectivity index (χ1n) is 4.84.